The lowest BCUT2D eigenvalue weighted by Gasteiger charge is -2.14. The third-order valence-corrected chi connectivity index (χ3v) is 4.11. The molecular formula is C17H20N2O. The lowest BCUT2D eigenvalue weighted by atomic mass is 10.1. The van der Waals surface area contributed by atoms with Crippen molar-refractivity contribution in [1.82, 2.24) is 9.47 Å². The van der Waals surface area contributed by atoms with Crippen molar-refractivity contribution >= 4 is 22.9 Å². The fourth-order valence-electron chi connectivity index (χ4n) is 2.96. The summed E-state index contributed by atoms with van der Waals surface area (Å²) in [5, 5.41) is 1.05. The fourth-order valence-corrected chi connectivity index (χ4v) is 2.96. The molecule has 1 aliphatic rings. The molecule has 0 spiro atoms. The van der Waals surface area contributed by atoms with Gasteiger partial charge in [0.25, 0.3) is 5.91 Å². The van der Waals surface area contributed by atoms with E-state index in [0.717, 1.165) is 54.5 Å². The van der Waals surface area contributed by atoms with E-state index in [0.29, 0.717) is 0 Å². The van der Waals surface area contributed by atoms with E-state index in [1.54, 1.807) is 0 Å². The summed E-state index contributed by atoms with van der Waals surface area (Å²) in [6.45, 7) is 8.56. The number of likely N-dealkylation sites (tertiary alicyclic amines) is 1. The van der Waals surface area contributed by atoms with Crippen LogP contribution in [0, 0.1) is 0 Å². The number of nitrogens with zero attached hydrogens (tertiary/aromatic N) is 2. The van der Waals surface area contributed by atoms with Gasteiger partial charge in [0.2, 0.25) is 0 Å². The maximum atomic E-state index is 12.6. The normalized spacial score (nSPS) is 14.9. The topological polar surface area (TPSA) is 25.2 Å². The van der Waals surface area contributed by atoms with Crippen molar-refractivity contribution in [3.8, 4) is 0 Å². The van der Waals surface area contributed by atoms with Gasteiger partial charge in [-0.25, -0.2) is 0 Å². The van der Waals surface area contributed by atoms with E-state index in [2.05, 4.69) is 24.1 Å². The third kappa shape index (κ3) is 2.03. The fraction of sp³-hybridized carbons (Fsp3) is 0.353. The van der Waals surface area contributed by atoms with Crippen LogP contribution in [0.3, 0.4) is 0 Å². The largest absolute Gasteiger partial charge is 0.347 e. The molecule has 0 saturated carbocycles. The number of hydrogen-bond donors (Lipinski definition) is 0. The Morgan fingerprint density at radius 2 is 2.10 bits per heavy atom. The van der Waals surface area contributed by atoms with Gasteiger partial charge in [0.15, 0.2) is 0 Å². The molecule has 0 radical (unpaired) electrons. The smallest absolute Gasteiger partial charge is 0.256 e. The molecule has 0 bridgehead atoms. The predicted octanol–water partition coefficient (Wildman–Crippen LogP) is 3.54. The molecule has 104 valence electrons. The zero-order valence-corrected chi connectivity index (χ0v) is 11.9. The number of carbonyl (C=O) groups excluding carboxylic acids is 1. The van der Waals surface area contributed by atoms with E-state index < -0.39 is 0 Å². The highest BCUT2D eigenvalue weighted by Gasteiger charge is 2.23. The summed E-state index contributed by atoms with van der Waals surface area (Å²) in [7, 11) is 0. The van der Waals surface area contributed by atoms with Crippen molar-refractivity contribution in [2.75, 3.05) is 13.1 Å². The van der Waals surface area contributed by atoms with Gasteiger partial charge in [-0.15, -0.1) is 0 Å². The van der Waals surface area contributed by atoms with Crippen LogP contribution in [-0.4, -0.2) is 28.5 Å². The van der Waals surface area contributed by atoms with Crippen LogP contribution in [0.25, 0.3) is 17.0 Å². The lowest BCUT2D eigenvalue weighted by Crippen LogP contribution is -2.27. The van der Waals surface area contributed by atoms with Gasteiger partial charge in [-0.1, -0.05) is 24.8 Å². The van der Waals surface area contributed by atoms with Crippen molar-refractivity contribution in [2.24, 2.45) is 0 Å². The van der Waals surface area contributed by atoms with Crippen molar-refractivity contribution < 1.29 is 4.79 Å². The van der Waals surface area contributed by atoms with Crippen LogP contribution in [0.5, 0.6) is 0 Å². The second-order valence-electron chi connectivity index (χ2n) is 5.31. The molecule has 20 heavy (non-hydrogen) atoms. The number of carbonyl (C=O) groups is 1. The summed E-state index contributed by atoms with van der Waals surface area (Å²) in [6.07, 6.45) is 6.09. The molecule has 1 aromatic carbocycles. The minimum atomic E-state index is 0.172. The second kappa shape index (κ2) is 5.16. The van der Waals surface area contributed by atoms with E-state index >= 15 is 0 Å². The van der Waals surface area contributed by atoms with Gasteiger partial charge in [-0.3, -0.25) is 4.79 Å². The summed E-state index contributed by atoms with van der Waals surface area (Å²) in [5.41, 5.74) is 3.04. The van der Waals surface area contributed by atoms with Crippen molar-refractivity contribution in [3.63, 3.8) is 0 Å². The monoisotopic (exact) mass is 268 g/mol. The number of aromatic nitrogens is 1. The first-order valence-corrected chi connectivity index (χ1v) is 7.29. The molecule has 1 amide bonds. The van der Waals surface area contributed by atoms with E-state index in [1.807, 2.05) is 29.3 Å². The molecule has 3 heteroatoms. The zero-order chi connectivity index (χ0) is 14.1. The zero-order valence-electron chi connectivity index (χ0n) is 11.9. The highest BCUT2D eigenvalue weighted by atomic mass is 16.2. The first kappa shape index (κ1) is 13.0. The van der Waals surface area contributed by atoms with Gasteiger partial charge < -0.3 is 9.47 Å². The molecule has 1 fully saturated rings. The van der Waals surface area contributed by atoms with E-state index in [9.17, 15) is 4.79 Å². The van der Waals surface area contributed by atoms with Gasteiger partial charge in [0.1, 0.15) is 0 Å². The second-order valence-corrected chi connectivity index (χ2v) is 5.31. The molecular weight excluding hydrogens is 248 g/mol. The molecule has 0 N–H and O–H groups in total. The third-order valence-electron chi connectivity index (χ3n) is 4.11. The van der Waals surface area contributed by atoms with Crippen LogP contribution in [0.15, 0.2) is 31.0 Å². The Morgan fingerprint density at radius 3 is 2.75 bits per heavy atom. The number of amides is 1. The SMILES string of the molecule is C=Cc1ccc2c(C(=O)N3CCCC3)cn(CC)c2c1. The minimum Gasteiger partial charge on any atom is -0.347 e. The Hall–Kier alpha value is -2.03. The maximum Gasteiger partial charge on any atom is 0.256 e. The van der Waals surface area contributed by atoms with Gasteiger partial charge in [0, 0.05) is 36.7 Å². The molecule has 0 aliphatic carbocycles. The van der Waals surface area contributed by atoms with Crippen LogP contribution >= 0.6 is 0 Å². The standard InChI is InChI=1S/C17H20N2O/c1-3-13-7-8-14-15(12-18(4-2)16(14)11-13)17(20)19-9-5-6-10-19/h3,7-8,11-12H,1,4-6,9-10H2,2H3. The number of aryl methyl sites for hydroxylation is 1. The van der Waals surface area contributed by atoms with Gasteiger partial charge in [-0.05, 0) is 31.4 Å². The van der Waals surface area contributed by atoms with E-state index in [-0.39, 0.29) is 5.91 Å². The van der Waals surface area contributed by atoms with Crippen molar-refractivity contribution in [3.05, 3.63) is 42.1 Å². The summed E-state index contributed by atoms with van der Waals surface area (Å²) in [4.78, 5) is 14.6. The van der Waals surface area contributed by atoms with Crippen LogP contribution in [0.2, 0.25) is 0 Å². The van der Waals surface area contributed by atoms with Crippen LogP contribution in [0.4, 0.5) is 0 Å². The first-order chi connectivity index (χ1) is 9.74. The molecule has 0 atom stereocenters. The van der Waals surface area contributed by atoms with Gasteiger partial charge >= 0.3 is 0 Å². The number of fused-ring (bicyclic) bond motifs is 1. The van der Waals surface area contributed by atoms with Crippen molar-refractivity contribution in [1.29, 1.82) is 0 Å². The molecule has 1 aliphatic heterocycles. The van der Waals surface area contributed by atoms with Gasteiger partial charge in [-0.2, -0.15) is 0 Å². The Bertz CT molecular complexity index is 663. The van der Waals surface area contributed by atoms with E-state index in [1.165, 1.54) is 0 Å². The quantitative estimate of drug-likeness (QED) is 0.836. The van der Waals surface area contributed by atoms with Crippen LogP contribution < -0.4 is 0 Å². The van der Waals surface area contributed by atoms with Gasteiger partial charge in [0.05, 0.1) is 5.56 Å². The summed E-state index contributed by atoms with van der Waals surface area (Å²) < 4.78 is 2.14. The molecule has 2 heterocycles. The molecule has 1 aromatic heterocycles. The van der Waals surface area contributed by atoms with Crippen LogP contribution in [0.1, 0.15) is 35.7 Å². The van der Waals surface area contributed by atoms with E-state index in [4.69, 9.17) is 0 Å². The molecule has 1 saturated heterocycles. The Kier molecular flexibility index (Phi) is 3.35. The number of rotatable bonds is 3. The minimum absolute atomic E-state index is 0.172. The Labute approximate surface area is 119 Å². The molecule has 0 unspecified atom stereocenters. The highest BCUT2D eigenvalue weighted by Crippen LogP contribution is 2.25. The summed E-state index contributed by atoms with van der Waals surface area (Å²) in [6, 6.07) is 6.17. The predicted molar refractivity (Wildman–Crippen MR) is 82.8 cm³/mol. The molecule has 3 rings (SSSR count). The lowest BCUT2D eigenvalue weighted by molar-refractivity contribution is 0.0794. The maximum absolute atomic E-state index is 12.6. The molecule has 2 aromatic rings. The van der Waals surface area contributed by atoms with Crippen LogP contribution in [-0.2, 0) is 6.54 Å². The number of hydrogen-bond acceptors (Lipinski definition) is 1. The average Bonchev–Trinajstić information content (AvgIpc) is 3.13. The highest BCUT2D eigenvalue weighted by molar-refractivity contribution is 6.07. The van der Waals surface area contributed by atoms with Crippen molar-refractivity contribution in [2.45, 2.75) is 26.3 Å². The Morgan fingerprint density at radius 1 is 1.35 bits per heavy atom. The number of benzene rings is 1. The molecule has 3 nitrogen and oxygen atoms in total. The first-order valence-electron chi connectivity index (χ1n) is 7.29. The average molecular weight is 268 g/mol. The Balaban J connectivity index is 2.11. The summed E-state index contributed by atoms with van der Waals surface area (Å²) in [5.74, 6) is 0.172. The summed E-state index contributed by atoms with van der Waals surface area (Å²) >= 11 is 0.